The molecule has 2 aliphatic carbocycles. The van der Waals surface area contributed by atoms with E-state index in [0.29, 0.717) is 74.6 Å². The van der Waals surface area contributed by atoms with E-state index in [2.05, 4.69) is 25.3 Å². The average molecular weight is 907 g/mol. The zero-order valence-electron chi connectivity index (χ0n) is 35.1. The molecule has 19 heteroatoms. The molecule has 4 fully saturated rings. The van der Waals surface area contributed by atoms with Gasteiger partial charge in [-0.2, -0.15) is 18.2 Å². The van der Waals surface area contributed by atoms with Crippen LogP contribution in [0.5, 0.6) is 5.88 Å². The van der Waals surface area contributed by atoms with E-state index < -0.39 is 73.9 Å². The summed E-state index contributed by atoms with van der Waals surface area (Å²) in [6.07, 6.45) is 3.05. The molecule has 4 aromatic rings. The number of amides is 4. The summed E-state index contributed by atoms with van der Waals surface area (Å²) in [6.45, 7) is 2.21. The highest BCUT2D eigenvalue weighted by Crippen LogP contribution is 2.48. The minimum Gasteiger partial charge on any atom is -0.470 e. The van der Waals surface area contributed by atoms with Gasteiger partial charge in [-0.25, -0.2) is 13.4 Å². The summed E-state index contributed by atoms with van der Waals surface area (Å²) in [5.74, 6) is -3.31. The Morgan fingerprint density at radius 3 is 2.47 bits per heavy atom. The summed E-state index contributed by atoms with van der Waals surface area (Å²) < 4.78 is 86.4. The van der Waals surface area contributed by atoms with Crippen LogP contribution in [0.4, 0.5) is 13.2 Å². The van der Waals surface area contributed by atoms with Crippen molar-refractivity contribution in [2.24, 2.45) is 11.8 Å². The van der Waals surface area contributed by atoms with Crippen molar-refractivity contribution in [3.63, 3.8) is 0 Å². The second kappa shape index (κ2) is 16.8. The topological polar surface area (TPSA) is 199 Å². The molecular formula is C45H49F3N6O9S. The summed E-state index contributed by atoms with van der Waals surface area (Å²) in [6, 6.07) is 9.11. The van der Waals surface area contributed by atoms with Crippen molar-refractivity contribution in [3.05, 3.63) is 66.2 Å². The van der Waals surface area contributed by atoms with E-state index in [1.165, 1.54) is 17.0 Å². The number of carbonyl (C=O) groups excluding carboxylic acids is 4. The van der Waals surface area contributed by atoms with Gasteiger partial charge in [-0.1, -0.05) is 49.3 Å². The third-order valence-corrected chi connectivity index (χ3v) is 15.5. The summed E-state index contributed by atoms with van der Waals surface area (Å²) in [4.78, 5) is 67.8. The zero-order chi connectivity index (χ0) is 45.0. The van der Waals surface area contributed by atoms with Crippen LogP contribution in [0.1, 0.15) is 83.1 Å². The molecule has 3 aliphatic heterocycles. The van der Waals surface area contributed by atoms with Gasteiger partial charge in [0.25, 0.3) is 11.8 Å². The molecule has 64 heavy (non-hydrogen) atoms. The standard InChI is InChI=1S/C45H49F3N6O9S/c1-43(19-20-43)64(59,60)53-42(58)44-24-29(44)9-5-3-2-4-6-11-32(49-38(55)27-17-21-61-22-18-27)41(57)54-25-30(23-33(54)39(56)52-44)62-40-36-35(31-10-7-8-12-34(31)63-36)50-37(51-40)26-13-15-28(16-14-26)45(46,47)48/h5,7-10,12-16,27,29-30,32-33H,2-4,6,11,17-25H2,1H3,(H,49,55)(H,52,56)(H,53,58)/t29-,30-,32+,33+,44-/m1/s1. The predicted octanol–water partition coefficient (Wildman–Crippen LogP) is 5.72. The van der Waals surface area contributed by atoms with Crippen molar-refractivity contribution >= 4 is 55.7 Å². The normalized spacial score (nSPS) is 26.6. The smallest absolute Gasteiger partial charge is 0.416 e. The molecule has 15 nitrogen and oxygen atoms in total. The Bertz CT molecular complexity index is 2630. The summed E-state index contributed by atoms with van der Waals surface area (Å²) in [5.41, 5.74) is -1.31. The summed E-state index contributed by atoms with van der Waals surface area (Å²) in [5, 5.41) is 6.43. The van der Waals surface area contributed by atoms with Gasteiger partial charge in [-0.3, -0.25) is 23.9 Å². The van der Waals surface area contributed by atoms with Crippen LogP contribution in [0.15, 0.2) is 65.1 Å². The van der Waals surface area contributed by atoms with Gasteiger partial charge >= 0.3 is 6.18 Å². The monoisotopic (exact) mass is 906 g/mol. The van der Waals surface area contributed by atoms with E-state index in [9.17, 15) is 40.8 Å². The number of aromatic nitrogens is 2. The predicted molar refractivity (Wildman–Crippen MR) is 226 cm³/mol. The van der Waals surface area contributed by atoms with Gasteiger partial charge in [0.15, 0.2) is 5.82 Å². The minimum absolute atomic E-state index is 0.0381. The molecule has 0 radical (unpaired) electrons. The van der Waals surface area contributed by atoms with Crippen molar-refractivity contribution in [1.82, 2.24) is 30.2 Å². The number of fused-ring (bicyclic) bond motifs is 5. The van der Waals surface area contributed by atoms with E-state index in [0.717, 1.165) is 25.0 Å². The number of hydrogen-bond acceptors (Lipinski definition) is 11. The van der Waals surface area contributed by atoms with Crippen LogP contribution in [-0.4, -0.2) is 95.1 Å². The van der Waals surface area contributed by atoms with Crippen LogP contribution < -0.4 is 20.1 Å². The number of halogens is 3. The molecule has 340 valence electrons. The van der Waals surface area contributed by atoms with Gasteiger partial charge in [0.05, 0.1) is 16.9 Å². The lowest BCUT2D eigenvalue weighted by molar-refractivity contribution is -0.143. The van der Waals surface area contributed by atoms with Crippen molar-refractivity contribution in [1.29, 1.82) is 0 Å². The molecule has 2 aromatic carbocycles. The lowest BCUT2D eigenvalue weighted by atomic mass is 9.98. The van der Waals surface area contributed by atoms with Crippen LogP contribution in [0.2, 0.25) is 0 Å². The fourth-order valence-corrected chi connectivity index (χ4v) is 10.2. The summed E-state index contributed by atoms with van der Waals surface area (Å²) in [7, 11) is -4.07. The maximum atomic E-state index is 14.9. The van der Waals surface area contributed by atoms with Crippen molar-refractivity contribution in [3.8, 4) is 17.3 Å². The average Bonchev–Trinajstić information content (AvgIpc) is 4.10. The first-order valence-electron chi connectivity index (χ1n) is 21.8. The fraction of sp³-hybridized carbons (Fsp3) is 0.511. The maximum Gasteiger partial charge on any atom is 0.416 e. The van der Waals surface area contributed by atoms with E-state index in [1.54, 1.807) is 31.2 Å². The molecule has 5 heterocycles. The second-order valence-corrected chi connectivity index (χ2v) is 20.1. The van der Waals surface area contributed by atoms with Crippen LogP contribution in [-0.2, 0) is 40.1 Å². The zero-order valence-corrected chi connectivity index (χ0v) is 35.9. The highest BCUT2D eigenvalue weighted by molar-refractivity contribution is 7.91. The molecule has 0 unspecified atom stereocenters. The molecule has 2 saturated carbocycles. The number of hydrogen-bond donors (Lipinski definition) is 3. The van der Waals surface area contributed by atoms with Crippen molar-refractivity contribution < 1.29 is 54.7 Å². The lowest BCUT2D eigenvalue weighted by Gasteiger charge is -2.31. The Morgan fingerprint density at radius 2 is 1.73 bits per heavy atom. The SMILES string of the molecule is CC1(S(=O)(=O)NC(=O)[C@@]23C[C@H]2C=CCCCCC[C@H](NC(=O)C2CCOCC2)C(=O)N2C[C@H](Oc4nc(-c5ccc(C(F)(F)F)cc5)nc5c4oc4ccccc45)C[C@H]2C(=O)N3)CC1. The number of alkyl halides is 3. The van der Waals surface area contributed by atoms with Gasteiger partial charge < -0.3 is 29.4 Å². The number of sulfonamides is 1. The maximum absolute atomic E-state index is 14.9. The third-order valence-electron chi connectivity index (χ3n) is 13.3. The van der Waals surface area contributed by atoms with E-state index >= 15 is 0 Å². The summed E-state index contributed by atoms with van der Waals surface area (Å²) >= 11 is 0. The van der Waals surface area contributed by atoms with Crippen LogP contribution in [0, 0.1) is 11.8 Å². The molecular weight excluding hydrogens is 858 g/mol. The number of ether oxygens (including phenoxy) is 2. The third kappa shape index (κ3) is 8.55. The number of nitrogens with zero attached hydrogens (tertiary/aromatic N) is 3. The largest absolute Gasteiger partial charge is 0.470 e. The molecule has 2 saturated heterocycles. The number of furan rings is 1. The van der Waals surface area contributed by atoms with E-state index in [-0.39, 0.29) is 54.1 Å². The number of nitrogens with one attached hydrogen (secondary N) is 3. The Labute approximate surface area is 366 Å². The Hall–Kier alpha value is -5.56. The molecule has 0 bridgehead atoms. The molecule has 2 aromatic heterocycles. The van der Waals surface area contributed by atoms with Gasteiger partial charge in [0.2, 0.25) is 33.3 Å². The van der Waals surface area contributed by atoms with Gasteiger partial charge in [-0.05, 0) is 82.6 Å². The quantitative estimate of drug-likeness (QED) is 0.183. The molecule has 9 rings (SSSR count). The van der Waals surface area contributed by atoms with Crippen molar-refractivity contribution in [2.45, 2.75) is 112 Å². The van der Waals surface area contributed by atoms with E-state index in [1.807, 2.05) is 12.2 Å². The molecule has 4 amide bonds. The Kier molecular flexibility index (Phi) is 11.4. The number of rotatable bonds is 8. The number of benzene rings is 2. The first kappa shape index (κ1) is 43.7. The highest BCUT2D eigenvalue weighted by Gasteiger charge is 2.63. The fourth-order valence-electron chi connectivity index (χ4n) is 8.94. The van der Waals surface area contributed by atoms with Crippen LogP contribution >= 0.6 is 0 Å². The lowest BCUT2D eigenvalue weighted by Crippen LogP contribution is -2.59. The first-order valence-corrected chi connectivity index (χ1v) is 23.3. The molecule has 5 aliphatic rings. The van der Waals surface area contributed by atoms with Gasteiger partial charge in [-0.15, -0.1) is 0 Å². The number of carbonyl (C=O) groups is 4. The van der Waals surface area contributed by atoms with Gasteiger partial charge in [0, 0.05) is 42.4 Å². The van der Waals surface area contributed by atoms with Gasteiger partial charge in [0.1, 0.15) is 34.8 Å². The minimum atomic E-state index is -4.57. The number of allylic oxidation sites excluding steroid dienone is 1. The van der Waals surface area contributed by atoms with E-state index in [4.69, 9.17) is 13.9 Å². The first-order chi connectivity index (χ1) is 30.5. The van der Waals surface area contributed by atoms with Crippen LogP contribution in [0.25, 0.3) is 33.5 Å². The highest BCUT2D eigenvalue weighted by atomic mass is 32.2. The molecule has 5 atom stereocenters. The number of para-hydroxylation sites is 1. The molecule has 3 N–H and O–H groups in total. The second-order valence-electron chi connectivity index (χ2n) is 17.9. The Balaban J connectivity index is 1.06. The van der Waals surface area contributed by atoms with Crippen LogP contribution in [0.3, 0.4) is 0 Å². The Morgan fingerprint density at radius 1 is 0.984 bits per heavy atom. The molecule has 0 spiro atoms. The van der Waals surface area contributed by atoms with Crippen molar-refractivity contribution in [2.75, 3.05) is 19.8 Å².